The van der Waals surface area contributed by atoms with Crippen molar-refractivity contribution in [1.82, 2.24) is 9.97 Å². The third kappa shape index (κ3) is 2.58. The highest BCUT2D eigenvalue weighted by Gasteiger charge is 2.37. The second kappa shape index (κ2) is 5.27. The van der Waals surface area contributed by atoms with Gasteiger partial charge in [-0.1, -0.05) is 25.8 Å². The van der Waals surface area contributed by atoms with E-state index in [9.17, 15) is 4.79 Å². The number of amides is 1. The Bertz CT molecular complexity index is 760. The first-order valence-electron chi connectivity index (χ1n) is 7.18. The molecule has 1 amide bonds. The van der Waals surface area contributed by atoms with Crippen LogP contribution in [0.4, 0.5) is 5.82 Å². The molecule has 0 radical (unpaired) electrons. The number of terminal acetylenes is 1. The molecule has 4 nitrogen and oxygen atoms in total. The summed E-state index contributed by atoms with van der Waals surface area (Å²) < 4.78 is 0. The molecule has 0 unspecified atom stereocenters. The molecule has 0 aromatic carbocycles. The van der Waals surface area contributed by atoms with E-state index in [2.05, 4.69) is 29.7 Å². The third-order valence-corrected chi connectivity index (χ3v) is 3.79. The Morgan fingerprint density at radius 1 is 1.32 bits per heavy atom. The maximum Gasteiger partial charge on any atom is 0.228 e. The maximum absolute atomic E-state index is 12.2. The van der Waals surface area contributed by atoms with E-state index in [1.54, 1.807) is 23.5 Å². The van der Waals surface area contributed by atoms with Crippen molar-refractivity contribution in [3.8, 4) is 23.5 Å². The predicted molar refractivity (Wildman–Crippen MR) is 86.2 cm³/mol. The summed E-state index contributed by atoms with van der Waals surface area (Å²) in [4.78, 5) is 22.5. The van der Waals surface area contributed by atoms with Crippen LogP contribution in [0.2, 0.25) is 0 Å². The number of carbonyl (C=O) groups is 1. The maximum atomic E-state index is 12.2. The van der Waals surface area contributed by atoms with Gasteiger partial charge in [0.15, 0.2) is 5.82 Å². The third-order valence-electron chi connectivity index (χ3n) is 3.79. The summed E-state index contributed by atoms with van der Waals surface area (Å²) in [5.41, 5.74) is 2.43. The molecule has 3 rings (SSSR count). The minimum Gasteiger partial charge on any atom is -0.295 e. The molecular weight excluding hydrogens is 274 g/mol. The summed E-state index contributed by atoms with van der Waals surface area (Å²) in [7, 11) is 0. The van der Waals surface area contributed by atoms with Gasteiger partial charge in [-0.05, 0) is 17.5 Å². The monoisotopic (exact) mass is 291 g/mol. The number of carbonyl (C=O) groups excluding carboxylic acids is 1. The second-order valence-corrected chi connectivity index (χ2v) is 6.30. The molecular formula is C18H17N3O. The molecule has 2 aromatic rings. The zero-order chi connectivity index (χ0) is 15.7. The van der Waals surface area contributed by atoms with Gasteiger partial charge in [0, 0.05) is 42.7 Å². The molecule has 3 heterocycles. The molecule has 4 heteroatoms. The van der Waals surface area contributed by atoms with Crippen LogP contribution in [0.3, 0.4) is 0 Å². The normalized spacial score (nSPS) is 16.6. The average molecular weight is 291 g/mol. The summed E-state index contributed by atoms with van der Waals surface area (Å²) in [5.74, 6) is 3.30. The van der Waals surface area contributed by atoms with Gasteiger partial charge >= 0.3 is 0 Å². The summed E-state index contributed by atoms with van der Waals surface area (Å²) in [6.07, 6.45) is 11.4. The van der Waals surface area contributed by atoms with Crippen molar-refractivity contribution in [3.63, 3.8) is 0 Å². The van der Waals surface area contributed by atoms with Gasteiger partial charge in [-0.3, -0.25) is 14.7 Å². The first kappa shape index (κ1) is 14.3. The van der Waals surface area contributed by atoms with Crippen LogP contribution < -0.4 is 4.90 Å². The predicted octanol–water partition coefficient (Wildman–Crippen LogP) is 2.89. The quantitative estimate of drug-likeness (QED) is 0.799. The van der Waals surface area contributed by atoms with E-state index in [0.29, 0.717) is 24.3 Å². The van der Waals surface area contributed by atoms with Gasteiger partial charge in [-0.15, -0.1) is 6.42 Å². The highest BCUT2D eigenvalue weighted by atomic mass is 16.2. The van der Waals surface area contributed by atoms with Crippen LogP contribution in [-0.2, 0) is 4.79 Å². The summed E-state index contributed by atoms with van der Waals surface area (Å²) in [6.45, 7) is 4.79. The molecule has 0 atom stereocenters. The number of anilines is 1. The van der Waals surface area contributed by atoms with Crippen molar-refractivity contribution in [2.24, 2.45) is 5.41 Å². The van der Waals surface area contributed by atoms with Crippen molar-refractivity contribution < 1.29 is 4.79 Å². The molecule has 0 aliphatic carbocycles. The van der Waals surface area contributed by atoms with Crippen LogP contribution >= 0.6 is 0 Å². The molecule has 0 N–H and O–H groups in total. The fraction of sp³-hybridized carbons (Fsp3) is 0.278. The van der Waals surface area contributed by atoms with E-state index in [4.69, 9.17) is 6.42 Å². The van der Waals surface area contributed by atoms with Crippen LogP contribution in [0.25, 0.3) is 11.1 Å². The van der Waals surface area contributed by atoms with Crippen molar-refractivity contribution in [1.29, 1.82) is 0 Å². The lowest BCUT2D eigenvalue weighted by Gasteiger charge is -2.20. The highest BCUT2D eigenvalue weighted by molar-refractivity contribution is 5.96. The number of pyridine rings is 2. The number of rotatable bonds is 2. The summed E-state index contributed by atoms with van der Waals surface area (Å²) >= 11 is 0. The van der Waals surface area contributed by atoms with Gasteiger partial charge in [0.2, 0.25) is 5.91 Å². The van der Waals surface area contributed by atoms with E-state index < -0.39 is 0 Å². The molecule has 1 aliphatic heterocycles. The summed E-state index contributed by atoms with van der Waals surface area (Å²) in [6, 6.07) is 5.71. The molecule has 110 valence electrons. The Kier molecular flexibility index (Phi) is 3.42. The van der Waals surface area contributed by atoms with Crippen molar-refractivity contribution in [3.05, 3.63) is 42.4 Å². The van der Waals surface area contributed by atoms with Gasteiger partial charge in [0.25, 0.3) is 0 Å². The lowest BCUT2D eigenvalue weighted by atomic mass is 9.93. The molecule has 2 aromatic heterocycles. The van der Waals surface area contributed by atoms with E-state index in [0.717, 1.165) is 11.1 Å². The van der Waals surface area contributed by atoms with Gasteiger partial charge in [0.1, 0.15) is 0 Å². The molecule has 1 aliphatic rings. The fourth-order valence-corrected chi connectivity index (χ4v) is 2.74. The Hall–Kier alpha value is -2.67. The van der Waals surface area contributed by atoms with Crippen molar-refractivity contribution in [2.45, 2.75) is 20.3 Å². The highest BCUT2D eigenvalue weighted by Crippen LogP contribution is 2.34. The Morgan fingerprint density at radius 3 is 2.73 bits per heavy atom. The van der Waals surface area contributed by atoms with Crippen molar-refractivity contribution in [2.75, 3.05) is 11.4 Å². The van der Waals surface area contributed by atoms with E-state index in [-0.39, 0.29) is 11.3 Å². The van der Waals surface area contributed by atoms with Gasteiger partial charge in [-0.25, -0.2) is 4.98 Å². The number of aromatic nitrogens is 2. The standard InChI is InChI=1S/C18H17N3O/c1-4-13-8-15(14-6-5-7-19-10-14)11-20-17(13)21-12-18(2,3)9-16(21)22/h1,5-8,10-11H,9,12H2,2-3H3. The first-order chi connectivity index (χ1) is 10.5. The number of nitrogens with zero attached hydrogens (tertiary/aromatic N) is 3. The second-order valence-electron chi connectivity index (χ2n) is 6.30. The van der Waals surface area contributed by atoms with Gasteiger partial charge in [0.05, 0.1) is 5.56 Å². The molecule has 22 heavy (non-hydrogen) atoms. The average Bonchev–Trinajstić information content (AvgIpc) is 2.80. The topological polar surface area (TPSA) is 46.1 Å². The van der Waals surface area contributed by atoms with Gasteiger partial charge in [-0.2, -0.15) is 0 Å². The summed E-state index contributed by atoms with van der Waals surface area (Å²) in [5, 5.41) is 0. The van der Waals surface area contributed by atoms with Crippen LogP contribution in [0.5, 0.6) is 0 Å². The van der Waals surface area contributed by atoms with E-state index >= 15 is 0 Å². The lowest BCUT2D eigenvalue weighted by molar-refractivity contribution is -0.117. The first-order valence-corrected chi connectivity index (χ1v) is 7.18. The minimum absolute atomic E-state index is 0.0490. The van der Waals surface area contributed by atoms with E-state index in [1.165, 1.54) is 0 Å². The minimum atomic E-state index is -0.0490. The number of hydrogen-bond acceptors (Lipinski definition) is 3. The van der Waals surface area contributed by atoms with Crippen LogP contribution in [-0.4, -0.2) is 22.4 Å². The zero-order valence-corrected chi connectivity index (χ0v) is 12.7. The molecule has 0 bridgehead atoms. The Morgan fingerprint density at radius 2 is 2.14 bits per heavy atom. The SMILES string of the molecule is C#Cc1cc(-c2cccnc2)cnc1N1CC(C)(C)CC1=O. The van der Waals surface area contributed by atoms with Crippen LogP contribution in [0, 0.1) is 17.8 Å². The largest absolute Gasteiger partial charge is 0.295 e. The smallest absolute Gasteiger partial charge is 0.228 e. The van der Waals surface area contributed by atoms with Crippen molar-refractivity contribution >= 4 is 11.7 Å². The molecule has 0 saturated carbocycles. The zero-order valence-electron chi connectivity index (χ0n) is 12.7. The van der Waals surface area contributed by atoms with Crippen LogP contribution in [0.15, 0.2) is 36.8 Å². The lowest BCUT2D eigenvalue weighted by Crippen LogP contribution is -2.27. The van der Waals surface area contributed by atoms with Crippen LogP contribution in [0.1, 0.15) is 25.8 Å². The molecule has 0 spiro atoms. The Balaban J connectivity index is 2.01. The fourth-order valence-electron chi connectivity index (χ4n) is 2.74. The van der Waals surface area contributed by atoms with E-state index in [1.807, 2.05) is 18.2 Å². The molecule has 1 fully saturated rings. The Labute approximate surface area is 130 Å². The molecule has 1 saturated heterocycles. The van der Waals surface area contributed by atoms with Gasteiger partial charge < -0.3 is 0 Å². The number of hydrogen-bond donors (Lipinski definition) is 0.